The zero-order chi connectivity index (χ0) is 15.4. The molecule has 5 heteroatoms. The molecule has 0 aliphatic rings. The summed E-state index contributed by atoms with van der Waals surface area (Å²) < 4.78 is 5.42. The van der Waals surface area contributed by atoms with Crippen molar-refractivity contribution in [3.63, 3.8) is 0 Å². The first-order valence-electron chi connectivity index (χ1n) is 6.81. The third kappa shape index (κ3) is 4.26. The number of rotatable bonds is 4. The van der Waals surface area contributed by atoms with E-state index in [-0.39, 0.29) is 12.1 Å². The van der Waals surface area contributed by atoms with Crippen LogP contribution in [-0.4, -0.2) is 6.03 Å². The number of carbonyl (C=O) groups is 1. The Morgan fingerprint density at radius 1 is 1.33 bits per heavy atom. The molecule has 2 N–H and O–H groups in total. The lowest BCUT2D eigenvalue weighted by molar-refractivity contribution is 0.237. The molecule has 1 aromatic carbocycles. The topological polar surface area (TPSA) is 54.3 Å². The number of hydrogen-bond acceptors (Lipinski definition) is 2. The standard InChI is InChI=1S/C16H19ClN2O2/c1-10-7-14(12(3)21-10)9-18-16(20)19-11(2)13-5-4-6-15(17)8-13/h4-8,11H,9H2,1-3H3,(H2,18,19,20). The lowest BCUT2D eigenvalue weighted by Gasteiger charge is -2.15. The van der Waals surface area contributed by atoms with Gasteiger partial charge in [0.1, 0.15) is 11.5 Å². The van der Waals surface area contributed by atoms with Crippen molar-refractivity contribution in [3.8, 4) is 0 Å². The average Bonchev–Trinajstić information content (AvgIpc) is 2.74. The zero-order valence-corrected chi connectivity index (χ0v) is 13.1. The summed E-state index contributed by atoms with van der Waals surface area (Å²) in [6.45, 7) is 6.13. The van der Waals surface area contributed by atoms with Gasteiger partial charge in [0.05, 0.1) is 6.04 Å². The minimum Gasteiger partial charge on any atom is -0.466 e. The van der Waals surface area contributed by atoms with Gasteiger partial charge in [-0.1, -0.05) is 23.7 Å². The van der Waals surface area contributed by atoms with E-state index >= 15 is 0 Å². The third-order valence-corrected chi connectivity index (χ3v) is 3.51. The summed E-state index contributed by atoms with van der Waals surface area (Å²) in [7, 11) is 0. The van der Waals surface area contributed by atoms with Crippen LogP contribution in [0, 0.1) is 13.8 Å². The summed E-state index contributed by atoms with van der Waals surface area (Å²) >= 11 is 5.95. The maximum Gasteiger partial charge on any atom is 0.315 e. The fraction of sp³-hybridized carbons (Fsp3) is 0.312. The van der Waals surface area contributed by atoms with Crippen LogP contribution in [-0.2, 0) is 6.54 Å². The Labute approximate surface area is 129 Å². The first kappa shape index (κ1) is 15.4. The highest BCUT2D eigenvalue weighted by atomic mass is 35.5. The van der Waals surface area contributed by atoms with Gasteiger partial charge in [0.15, 0.2) is 0 Å². The van der Waals surface area contributed by atoms with E-state index in [0.717, 1.165) is 22.6 Å². The normalized spacial score (nSPS) is 12.0. The molecule has 1 heterocycles. The van der Waals surface area contributed by atoms with Crippen LogP contribution in [0.3, 0.4) is 0 Å². The molecular formula is C16H19ClN2O2. The van der Waals surface area contributed by atoms with E-state index in [2.05, 4.69) is 10.6 Å². The number of hydrogen-bond donors (Lipinski definition) is 2. The molecule has 112 valence electrons. The maximum absolute atomic E-state index is 11.9. The van der Waals surface area contributed by atoms with Crippen molar-refractivity contribution in [2.75, 3.05) is 0 Å². The molecule has 0 aliphatic heterocycles. The zero-order valence-electron chi connectivity index (χ0n) is 12.4. The lowest BCUT2D eigenvalue weighted by Crippen LogP contribution is -2.36. The van der Waals surface area contributed by atoms with E-state index in [0.29, 0.717) is 11.6 Å². The minimum absolute atomic E-state index is 0.115. The molecule has 2 amide bonds. The molecule has 4 nitrogen and oxygen atoms in total. The van der Waals surface area contributed by atoms with Gasteiger partial charge in [-0.15, -0.1) is 0 Å². The van der Waals surface area contributed by atoms with Gasteiger partial charge in [0.2, 0.25) is 0 Å². The molecular weight excluding hydrogens is 288 g/mol. The SMILES string of the molecule is Cc1cc(CNC(=O)NC(C)c2cccc(Cl)c2)c(C)o1. The number of furan rings is 1. The van der Waals surface area contributed by atoms with Crippen LogP contribution >= 0.6 is 11.6 Å². The van der Waals surface area contributed by atoms with Crippen LogP contribution in [0.2, 0.25) is 5.02 Å². The number of nitrogens with one attached hydrogen (secondary N) is 2. The molecule has 2 aromatic rings. The van der Waals surface area contributed by atoms with Crippen molar-refractivity contribution >= 4 is 17.6 Å². The molecule has 2 rings (SSSR count). The maximum atomic E-state index is 11.9. The van der Waals surface area contributed by atoms with Gasteiger partial charge < -0.3 is 15.1 Å². The van der Waals surface area contributed by atoms with Crippen molar-refractivity contribution in [1.82, 2.24) is 10.6 Å². The van der Waals surface area contributed by atoms with Gasteiger partial charge in [-0.2, -0.15) is 0 Å². The molecule has 0 radical (unpaired) electrons. The van der Waals surface area contributed by atoms with Crippen molar-refractivity contribution in [2.45, 2.75) is 33.4 Å². The summed E-state index contributed by atoms with van der Waals surface area (Å²) in [6.07, 6.45) is 0. The Morgan fingerprint density at radius 2 is 2.10 bits per heavy atom. The molecule has 1 unspecified atom stereocenters. The Balaban J connectivity index is 1.88. The van der Waals surface area contributed by atoms with Crippen LogP contribution in [0.5, 0.6) is 0 Å². The number of urea groups is 1. The van der Waals surface area contributed by atoms with Crippen molar-refractivity contribution in [1.29, 1.82) is 0 Å². The molecule has 0 spiro atoms. The summed E-state index contributed by atoms with van der Waals surface area (Å²) in [5.41, 5.74) is 1.95. The lowest BCUT2D eigenvalue weighted by atomic mass is 10.1. The quantitative estimate of drug-likeness (QED) is 0.893. The molecule has 0 aliphatic carbocycles. The van der Waals surface area contributed by atoms with Crippen molar-refractivity contribution < 1.29 is 9.21 Å². The predicted molar refractivity (Wildman–Crippen MR) is 83.4 cm³/mol. The van der Waals surface area contributed by atoms with Crippen LogP contribution in [0.1, 0.15) is 35.6 Å². The van der Waals surface area contributed by atoms with Crippen LogP contribution < -0.4 is 10.6 Å². The first-order chi connectivity index (χ1) is 9.95. The van der Waals surface area contributed by atoms with Gasteiger partial charge in [-0.25, -0.2) is 4.79 Å². The Kier molecular flexibility index (Phi) is 4.91. The van der Waals surface area contributed by atoms with E-state index in [1.807, 2.05) is 51.1 Å². The second kappa shape index (κ2) is 6.68. The van der Waals surface area contributed by atoms with E-state index in [9.17, 15) is 4.79 Å². The fourth-order valence-electron chi connectivity index (χ4n) is 2.14. The molecule has 0 bridgehead atoms. The van der Waals surface area contributed by atoms with Gasteiger partial charge in [-0.05, 0) is 44.5 Å². The van der Waals surface area contributed by atoms with E-state index in [1.165, 1.54) is 0 Å². The first-order valence-corrected chi connectivity index (χ1v) is 7.19. The predicted octanol–water partition coefficient (Wildman–Crippen LogP) is 4.11. The summed E-state index contributed by atoms with van der Waals surface area (Å²) in [5, 5.41) is 6.36. The molecule has 1 atom stereocenters. The summed E-state index contributed by atoms with van der Waals surface area (Å²) in [5.74, 6) is 1.67. The number of halogens is 1. The highest BCUT2D eigenvalue weighted by Gasteiger charge is 2.11. The van der Waals surface area contributed by atoms with E-state index in [1.54, 1.807) is 0 Å². The monoisotopic (exact) mass is 306 g/mol. The Hall–Kier alpha value is -1.94. The Bertz CT molecular complexity index is 637. The molecule has 0 fully saturated rings. The van der Waals surface area contributed by atoms with Gasteiger partial charge >= 0.3 is 6.03 Å². The number of carbonyl (C=O) groups excluding carboxylic acids is 1. The molecule has 0 saturated heterocycles. The summed E-state index contributed by atoms with van der Waals surface area (Å²) in [4.78, 5) is 11.9. The van der Waals surface area contributed by atoms with Gasteiger partial charge in [0, 0.05) is 17.1 Å². The third-order valence-electron chi connectivity index (χ3n) is 3.28. The van der Waals surface area contributed by atoms with E-state index < -0.39 is 0 Å². The Morgan fingerprint density at radius 3 is 2.71 bits per heavy atom. The molecule has 21 heavy (non-hydrogen) atoms. The number of benzene rings is 1. The van der Waals surface area contributed by atoms with Gasteiger partial charge in [0.25, 0.3) is 0 Å². The van der Waals surface area contributed by atoms with Gasteiger partial charge in [-0.3, -0.25) is 0 Å². The largest absolute Gasteiger partial charge is 0.466 e. The second-order valence-electron chi connectivity index (χ2n) is 5.04. The fourth-order valence-corrected chi connectivity index (χ4v) is 2.34. The smallest absolute Gasteiger partial charge is 0.315 e. The summed E-state index contributed by atoms with van der Waals surface area (Å²) in [6, 6.07) is 9.04. The van der Waals surface area contributed by atoms with Crippen molar-refractivity contribution in [2.24, 2.45) is 0 Å². The van der Waals surface area contributed by atoms with Crippen LogP contribution in [0.15, 0.2) is 34.7 Å². The minimum atomic E-state index is -0.222. The number of aryl methyl sites for hydroxylation is 2. The molecule has 0 saturated carbocycles. The van der Waals surface area contributed by atoms with E-state index in [4.69, 9.17) is 16.0 Å². The number of amides is 2. The van der Waals surface area contributed by atoms with Crippen molar-refractivity contribution in [3.05, 3.63) is 58.0 Å². The highest BCUT2D eigenvalue weighted by Crippen LogP contribution is 2.17. The highest BCUT2D eigenvalue weighted by molar-refractivity contribution is 6.30. The van der Waals surface area contributed by atoms with Crippen LogP contribution in [0.4, 0.5) is 4.79 Å². The van der Waals surface area contributed by atoms with Crippen LogP contribution in [0.25, 0.3) is 0 Å². The average molecular weight is 307 g/mol. The second-order valence-corrected chi connectivity index (χ2v) is 5.48. The molecule has 1 aromatic heterocycles.